The molecule has 0 aliphatic rings. The highest BCUT2D eigenvalue weighted by molar-refractivity contribution is 8.00. The summed E-state index contributed by atoms with van der Waals surface area (Å²) in [5.41, 5.74) is 2.01. The van der Waals surface area contributed by atoms with Gasteiger partial charge in [-0.1, -0.05) is 67.3 Å². The number of rotatable bonds is 8. The number of thioether (sulfide) groups is 1. The summed E-state index contributed by atoms with van der Waals surface area (Å²) in [7, 11) is -2.18. The van der Waals surface area contributed by atoms with E-state index in [0.717, 1.165) is 11.3 Å². The van der Waals surface area contributed by atoms with Crippen molar-refractivity contribution in [3.05, 3.63) is 59.7 Å². The number of hydrogen-bond acceptors (Lipinski definition) is 7. The Hall–Kier alpha value is -2.10. The van der Waals surface area contributed by atoms with E-state index in [2.05, 4.69) is 14.9 Å². The van der Waals surface area contributed by atoms with Gasteiger partial charge >= 0.3 is 0 Å². The van der Waals surface area contributed by atoms with Crippen molar-refractivity contribution in [1.29, 1.82) is 0 Å². The van der Waals surface area contributed by atoms with Crippen molar-refractivity contribution in [2.45, 2.75) is 34.8 Å². The fraction of sp³-hybridized carbons (Fsp3) is 0.263. The summed E-state index contributed by atoms with van der Waals surface area (Å²) in [6, 6.07) is 14.8. The molecule has 0 aliphatic carbocycles. The molecule has 1 N–H and O–H groups in total. The molecule has 3 rings (SSSR count). The summed E-state index contributed by atoms with van der Waals surface area (Å²) >= 11 is 2.74. The predicted molar refractivity (Wildman–Crippen MR) is 114 cm³/mol. The third-order valence-corrected chi connectivity index (χ3v) is 7.48. The summed E-state index contributed by atoms with van der Waals surface area (Å²) < 4.78 is 34.0. The molecule has 0 fully saturated rings. The number of ether oxygens (including phenoxy) is 1. The van der Waals surface area contributed by atoms with Gasteiger partial charge in [-0.2, -0.15) is 0 Å². The van der Waals surface area contributed by atoms with Gasteiger partial charge in [0, 0.05) is 5.75 Å². The quantitative estimate of drug-likeness (QED) is 0.514. The lowest BCUT2D eigenvalue weighted by Gasteiger charge is -2.13. The summed E-state index contributed by atoms with van der Waals surface area (Å²) in [6.07, 6.45) is 0. The van der Waals surface area contributed by atoms with Gasteiger partial charge in [0.2, 0.25) is 5.13 Å². The van der Waals surface area contributed by atoms with Crippen LogP contribution < -0.4 is 9.46 Å². The maximum Gasteiger partial charge on any atom is 0.263 e. The summed E-state index contributed by atoms with van der Waals surface area (Å²) in [5.74, 6) is 1.55. The zero-order chi connectivity index (χ0) is 20.1. The Morgan fingerprint density at radius 2 is 1.89 bits per heavy atom. The Morgan fingerprint density at radius 1 is 1.14 bits per heavy atom. The van der Waals surface area contributed by atoms with E-state index in [1.807, 2.05) is 44.2 Å². The van der Waals surface area contributed by atoms with Crippen LogP contribution in [0.1, 0.15) is 30.9 Å². The molecule has 148 valence electrons. The van der Waals surface area contributed by atoms with Crippen molar-refractivity contribution in [3.63, 3.8) is 0 Å². The molecule has 3 aromatic rings. The fourth-order valence-electron chi connectivity index (χ4n) is 2.53. The molecule has 1 heterocycles. The summed E-state index contributed by atoms with van der Waals surface area (Å²) in [5, 5.41) is 8.28. The average molecular weight is 436 g/mol. The molecule has 0 radical (unpaired) electrons. The molecule has 6 nitrogen and oxygen atoms in total. The van der Waals surface area contributed by atoms with E-state index in [-0.39, 0.29) is 15.9 Å². The summed E-state index contributed by atoms with van der Waals surface area (Å²) in [6.45, 7) is 3.98. The van der Waals surface area contributed by atoms with Crippen molar-refractivity contribution in [3.8, 4) is 5.75 Å². The fourth-order valence-corrected chi connectivity index (χ4v) is 5.51. The van der Waals surface area contributed by atoms with E-state index in [1.54, 1.807) is 19.2 Å². The van der Waals surface area contributed by atoms with Gasteiger partial charge in [0.15, 0.2) is 4.34 Å². The van der Waals surface area contributed by atoms with E-state index in [9.17, 15) is 8.42 Å². The first kappa shape index (κ1) is 20.6. The molecule has 0 amide bonds. The minimum atomic E-state index is -3.75. The summed E-state index contributed by atoms with van der Waals surface area (Å²) in [4.78, 5) is 0.172. The first-order valence-electron chi connectivity index (χ1n) is 8.60. The molecule has 28 heavy (non-hydrogen) atoms. The van der Waals surface area contributed by atoms with Gasteiger partial charge in [-0.25, -0.2) is 8.42 Å². The lowest BCUT2D eigenvalue weighted by molar-refractivity contribution is 0.407. The molecule has 0 bridgehead atoms. The number of sulfonamides is 1. The number of nitrogens with zero attached hydrogens (tertiary/aromatic N) is 2. The smallest absolute Gasteiger partial charge is 0.263 e. The first-order valence-corrected chi connectivity index (χ1v) is 11.9. The second-order valence-electron chi connectivity index (χ2n) is 6.31. The van der Waals surface area contributed by atoms with Crippen molar-refractivity contribution in [1.82, 2.24) is 10.2 Å². The highest BCUT2D eigenvalue weighted by Crippen LogP contribution is 2.32. The largest absolute Gasteiger partial charge is 0.496 e. The van der Waals surface area contributed by atoms with Crippen LogP contribution in [-0.4, -0.2) is 25.7 Å². The highest BCUT2D eigenvalue weighted by atomic mass is 32.2. The molecular formula is C19H21N3O3S3. The van der Waals surface area contributed by atoms with Gasteiger partial charge < -0.3 is 4.74 Å². The van der Waals surface area contributed by atoms with Crippen LogP contribution in [0.4, 0.5) is 5.13 Å². The average Bonchev–Trinajstić information content (AvgIpc) is 3.13. The first-order chi connectivity index (χ1) is 13.4. The minimum absolute atomic E-state index is 0.132. The van der Waals surface area contributed by atoms with Crippen LogP contribution in [0.15, 0.2) is 57.8 Å². The molecular weight excluding hydrogens is 414 g/mol. The number of nitrogens with one attached hydrogen (secondary N) is 1. The molecule has 0 atom stereocenters. The second-order valence-corrected chi connectivity index (χ2v) is 10.2. The Labute approximate surface area is 173 Å². The molecule has 2 aromatic carbocycles. The topological polar surface area (TPSA) is 81.2 Å². The van der Waals surface area contributed by atoms with E-state index in [1.165, 1.54) is 34.7 Å². The molecule has 0 saturated carbocycles. The minimum Gasteiger partial charge on any atom is -0.496 e. The van der Waals surface area contributed by atoms with Gasteiger partial charge in [0.25, 0.3) is 10.0 Å². The molecule has 0 spiro atoms. The maximum absolute atomic E-state index is 12.7. The predicted octanol–water partition coefficient (Wildman–Crippen LogP) is 4.76. The van der Waals surface area contributed by atoms with E-state index < -0.39 is 10.0 Å². The normalized spacial score (nSPS) is 11.6. The third-order valence-electron chi connectivity index (χ3n) is 3.97. The van der Waals surface area contributed by atoms with Crippen LogP contribution >= 0.6 is 23.1 Å². The zero-order valence-corrected chi connectivity index (χ0v) is 18.2. The van der Waals surface area contributed by atoms with Gasteiger partial charge in [0.1, 0.15) is 5.75 Å². The van der Waals surface area contributed by atoms with Gasteiger partial charge in [0.05, 0.1) is 12.0 Å². The van der Waals surface area contributed by atoms with Crippen LogP contribution in [0.5, 0.6) is 5.75 Å². The molecule has 0 aliphatic heterocycles. The number of benzene rings is 2. The van der Waals surface area contributed by atoms with E-state index in [4.69, 9.17) is 4.74 Å². The number of methoxy groups -OCH3 is 1. The Morgan fingerprint density at radius 3 is 2.57 bits per heavy atom. The Bertz CT molecular complexity index is 1030. The number of anilines is 1. The van der Waals surface area contributed by atoms with Crippen LogP contribution in [-0.2, 0) is 15.8 Å². The Balaban J connectivity index is 1.72. The van der Waals surface area contributed by atoms with Crippen LogP contribution in [0.3, 0.4) is 0 Å². The van der Waals surface area contributed by atoms with E-state index in [0.29, 0.717) is 10.1 Å². The van der Waals surface area contributed by atoms with Crippen LogP contribution in [0.2, 0.25) is 0 Å². The standard InChI is InChI=1S/C19H21N3O3S3/c1-13(2)16-11-15(9-10-17(16)25-3)28(23,24)22-18-20-21-19(27-18)26-12-14-7-5-4-6-8-14/h4-11,13H,12H2,1-3H3,(H,20,22). The van der Waals surface area contributed by atoms with Crippen molar-refractivity contribution in [2.24, 2.45) is 0 Å². The highest BCUT2D eigenvalue weighted by Gasteiger charge is 2.20. The molecule has 0 saturated heterocycles. The Kier molecular flexibility index (Phi) is 6.58. The monoisotopic (exact) mass is 435 g/mol. The molecule has 1 aromatic heterocycles. The lowest BCUT2D eigenvalue weighted by Crippen LogP contribution is -2.13. The van der Waals surface area contributed by atoms with Crippen molar-refractivity contribution in [2.75, 3.05) is 11.8 Å². The SMILES string of the molecule is COc1ccc(S(=O)(=O)Nc2nnc(SCc3ccccc3)s2)cc1C(C)C. The van der Waals surface area contributed by atoms with E-state index >= 15 is 0 Å². The maximum atomic E-state index is 12.7. The second kappa shape index (κ2) is 8.93. The van der Waals surface area contributed by atoms with Crippen molar-refractivity contribution < 1.29 is 13.2 Å². The molecule has 9 heteroatoms. The van der Waals surface area contributed by atoms with Gasteiger partial charge in [-0.15, -0.1) is 10.2 Å². The third kappa shape index (κ3) is 5.03. The van der Waals surface area contributed by atoms with Crippen LogP contribution in [0.25, 0.3) is 0 Å². The zero-order valence-electron chi connectivity index (χ0n) is 15.7. The van der Waals surface area contributed by atoms with Gasteiger partial charge in [-0.05, 0) is 35.2 Å². The van der Waals surface area contributed by atoms with Crippen LogP contribution in [0, 0.1) is 0 Å². The lowest BCUT2D eigenvalue weighted by atomic mass is 10.0. The molecule has 0 unspecified atom stereocenters. The number of hydrogen-bond donors (Lipinski definition) is 1. The van der Waals surface area contributed by atoms with Crippen molar-refractivity contribution >= 4 is 38.3 Å². The number of aromatic nitrogens is 2. The van der Waals surface area contributed by atoms with Gasteiger partial charge in [-0.3, -0.25) is 4.72 Å².